The average Bonchev–Trinajstić information content (AvgIpc) is 2.67. The summed E-state index contributed by atoms with van der Waals surface area (Å²) in [5.74, 6) is -0.568. The molecule has 0 saturated carbocycles. The summed E-state index contributed by atoms with van der Waals surface area (Å²) in [7, 11) is -3.46. The number of sulfone groups is 1. The molecule has 0 radical (unpaired) electrons. The van der Waals surface area contributed by atoms with Crippen LogP contribution in [0.1, 0.15) is 19.8 Å². The zero-order chi connectivity index (χ0) is 19.0. The highest BCUT2D eigenvalue weighted by atomic mass is 32.2. The van der Waals surface area contributed by atoms with Crippen LogP contribution in [0.25, 0.3) is 0 Å². The topological polar surface area (TPSA) is 86.8 Å². The molecular weight excluding hydrogens is 354 g/mol. The second-order valence-electron chi connectivity index (χ2n) is 6.30. The summed E-state index contributed by atoms with van der Waals surface area (Å²) in [4.78, 5) is 28.3. The molecule has 0 spiro atoms. The highest BCUT2D eigenvalue weighted by Crippen LogP contribution is 2.11. The van der Waals surface area contributed by atoms with Crippen molar-refractivity contribution in [3.05, 3.63) is 30.3 Å². The lowest BCUT2D eigenvalue weighted by molar-refractivity contribution is -0.132. The Morgan fingerprint density at radius 1 is 1.04 bits per heavy atom. The molecule has 1 heterocycles. The van der Waals surface area contributed by atoms with E-state index in [0.29, 0.717) is 0 Å². The molecule has 8 heteroatoms. The summed E-state index contributed by atoms with van der Waals surface area (Å²) in [6.07, 6.45) is 0.129. The maximum absolute atomic E-state index is 12.1. The van der Waals surface area contributed by atoms with Crippen molar-refractivity contribution in [2.45, 2.75) is 24.7 Å². The predicted octanol–water partition coefficient (Wildman–Crippen LogP) is 0.521. The minimum Gasteiger partial charge on any atom is -0.356 e. The van der Waals surface area contributed by atoms with Crippen molar-refractivity contribution in [1.29, 1.82) is 0 Å². The van der Waals surface area contributed by atoms with Crippen LogP contribution in [-0.4, -0.2) is 75.1 Å². The fourth-order valence-corrected chi connectivity index (χ4v) is 4.10. The highest BCUT2D eigenvalue weighted by molar-refractivity contribution is 7.91. The molecule has 1 aromatic rings. The van der Waals surface area contributed by atoms with E-state index in [1.807, 2.05) is 4.90 Å². The maximum atomic E-state index is 12.1. The summed E-state index contributed by atoms with van der Waals surface area (Å²) in [5, 5.41) is 2.64. The largest absolute Gasteiger partial charge is 0.356 e. The normalized spacial score (nSPS) is 15.7. The SMILES string of the molecule is CCN1CCN(C(=O)CCNC(=O)CCS(=O)(=O)c2ccccc2)CC1. The van der Waals surface area contributed by atoms with E-state index >= 15 is 0 Å². The minimum atomic E-state index is -3.46. The number of amides is 2. The first kappa shape index (κ1) is 20.4. The van der Waals surface area contributed by atoms with Gasteiger partial charge in [0, 0.05) is 45.6 Å². The summed E-state index contributed by atoms with van der Waals surface area (Å²) >= 11 is 0. The molecule has 1 aliphatic heterocycles. The van der Waals surface area contributed by atoms with Crippen LogP contribution in [0.5, 0.6) is 0 Å². The van der Waals surface area contributed by atoms with E-state index in [4.69, 9.17) is 0 Å². The standard InChI is InChI=1S/C18H27N3O4S/c1-2-20-11-13-21(14-12-20)18(23)8-10-19-17(22)9-15-26(24,25)16-6-4-3-5-7-16/h3-7H,2,8-15H2,1H3,(H,19,22). The molecular formula is C18H27N3O4S. The van der Waals surface area contributed by atoms with Gasteiger partial charge < -0.3 is 15.1 Å². The van der Waals surface area contributed by atoms with Gasteiger partial charge in [-0.05, 0) is 18.7 Å². The molecule has 26 heavy (non-hydrogen) atoms. The van der Waals surface area contributed by atoms with E-state index in [9.17, 15) is 18.0 Å². The predicted molar refractivity (Wildman–Crippen MR) is 99.4 cm³/mol. The first-order chi connectivity index (χ1) is 12.4. The van der Waals surface area contributed by atoms with Gasteiger partial charge in [-0.3, -0.25) is 9.59 Å². The highest BCUT2D eigenvalue weighted by Gasteiger charge is 2.20. The van der Waals surface area contributed by atoms with Crippen LogP contribution in [0.2, 0.25) is 0 Å². The van der Waals surface area contributed by atoms with E-state index in [0.717, 1.165) is 32.7 Å². The van der Waals surface area contributed by atoms with Crippen LogP contribution < -0.4 is 5.32 Å². The number of likely N-dealkylation sites (N-methyl/N-ethyl adjacent to an activating group) is 1. The van der Waals surface area contributed by atoms with Gasteiger partial charge in [0.1, 0.15) is 0 Å². The van der Waals surface area contributed by atoms with Gasteiger partial charge in [0.25, 0.3) is 0 Å². The number of piperazine rings is 1. The summed E-state index contributed by atoms with van der Waals surface area (Å²) in [5.41, 5.74) is 0. The van der Waals surface area contributed by atoms with Crippen molar-refractivity contribution in [3.8, 4) is 0 Å². The average molecular weight is 381 g/mol. The number of carbonyl (C=O) groups excluding carboxylic acids is 2. The molecule has 1 aromatic carbocycles. The van der Waals surface area contributed by atoms with Crippen molar-refractivity contribution in [2.24, 2.45) is 0 Å². The molecule has 1 N–H and O–H groups in total. The van der Waals surface area contributed by atoms with Gasteiger partial charge in [-0.15, -0.1) is 0 Å². The van der Waals surface area contributed by atoms with E-state index in [1.165, 1.54) is 12.1 Å². The number of nitrogens with one attached hydrogen (secondary N) is 1. The van der Waals surface area contributed by atoms with Crippen molar-refractivity contribution < 1.29 is 18.0 Å². The number of hydrogen-bond acceptors (Lipinski definition) is 5. The lowest BCUT2D eigenvalue weighted by atomic mass is 10.2. The lowest BCUT2D eigenvalue weighted by Crippen LogP contribution is -2.49. The van der Waals surface area contributed by atoms with Gasteiger partial charge in [0.15, 0.2) is 9.84 Å². The van der Waals surface area contributed by atoms with Crippen LogP contribution in [0, 0.1) is 0 Å². The number of nitrogens with zero attached hydrogens (tertiary/aromatic N) is 2. The van der Waals surface area contributed by atoms with Gasteiger partial charge in [0.05, 0.1) is 10.6 Å². The fourth-order valence-electron chi connectivity index (χ4n) is 2.84. The third-order valence-corrected chi connectivity index (χ3v) is 6.27. The van der Waals surface area contributed by atoms with Gasteiger partial charge >= 0.3 is 0 Å². The van der Waals surface area contributed by atoms with Crippen LogP contribution in [0.15, 0.2) is 35.2 Å². The molecule has 0 aliphatic carbocycles. The molecule has 0 bridgehead atoms. The lowest BCUT2D eigenvalue weighted by Gasteiger charge is -2.34. The van der Waals surface area contributed by atoms with Crippen molar-refractivity contribution >= 4 is 21.7 Å². The Hall–Kier alpha value is -1.93. The summed E-state index contributed by atoms with van der Waals surface area (Å²) in [6.45, 7) is 6.52. The second-order valence-corrected chi connectivity index (χ2v) is 8.41. The monoisotopic (exact) mass is 381 g/mol. The number of benzene rings is 1. The number of hydrogen-bond donors (Lipinski definition) is 1. The van der Waals surface area contributed by atoms with Crippen molar-refractivity contribution in [1.82, 2.24) is 15.1 Å². The van der Waals surface area contributed by atoms with Gasteiger partial charge in [-0.25, -0.2) is 8.42 Å². The summed E-state index contributed by atoms with van der Waals surface area (Å²) < 4.78 is 24.3. The van der Waals surface area contributed by atoms with E-state index in [-0.39, 0.29) is 41.8 Å². The van der Waals surface area contributed by atoms with Gasteiger partial charge in [-0.1, -0.05) is 25.1 Å². The zero-order valence-corrected chi connectivity index (χ0v) is 16.0. The maximum Gasteiger partial charge on any atom is 0.224 e. The van der Waals surface area contributed by atoms with Crippen molar-refractivity contribution in [3.63, 3.8) is 0 Å². The van der Waals surface area contributed by atoms with Gasteiger partial charge in [-0.2, -0.15) is 0 Å². The van der Waals surface area contributed by atoms with E-state index < -0.39 is 9.84 Å². The first-order valence-electron chi connectivity index (χ1n) is 8.97. The third-order valence-electron chi connectivity index (χ3n) is 4.53. The first-order valence-corrected chi connectivity index (χ1v) is 10.6. The van der Waals surface area contributed by atoms with Crippen LogP contribution in [0.3, 0.4) is 0 Å². The molecule has 1 fully saturated rings. The van der Waals surface area contributed by atoms with E-state index in [2.05, 4.69) is 17.1 Å². The Kier molecular flexibility index (Phi) is 7.59. The number of carbonyl (C=O) groups is 2. The van der Waals surface area contributed by atoms with Crippen molar-refractivity contribution in [2.75, 3.05) is 45.0 Å². The summed E-state index contributed by atoms with van der Waals surface area (Å²) in [6, 6.07) is 8.08. The Bertz CT molecular complexity index is 698. The molecule has 2 rings (SSSR count). The molecule has 0 unspecified atom stereocenters. The third kappa shape index (κ3) is 6.10. The van der Waals surface area contributed by atoms with E-state index in [1.54, 1.807) is 18.2 Å². The Labute approximate surface area is 155 Å². The van der Waals surface area contributed by atoms with Gasteiger partial charge in [0.2, 0.25) is 11.8 Å². The molecule has 144 valence electrons. The Morgan fingerprint density at radius 3 is 2.31 bits per heavy atom. The smallest absolute Gasteiger partial charge is 0.224 e. The van der Waals surface area contributed by atoms with Crippen LogP contribution in [-0.2, 0) is 19.4 Å². The number of rotatable bonds is 8. The fraction of sp³-hybridized carbons (Fsp3) is 0.556. The Balaban J connectivity index is 1.67. The quantitative estimate of drug-likeness (QED) is 0.709. The molecule has 1 aliphatic rings. The van der Waals surface area contributed by atoms with Crippen LogP contribution >= 0.6 is 0 Å². The molecule has 2 amide bonds. The molecule has 0 atom stereocenters. The molecule has 1 saturated heterocycles. The molecule has 0 aromatic heterocycles. The van der Waals surface area contributed by atoms with Crippen LogP contribution in [0.4, 0.5) is 0 Å². The second kappa shape index (κ2) is 9.68. The Morgan fingerprint density at radius 2 is 1.69 bits per heavy atom. The minimum absolute atomic E-state index is 0.0259. The zero-order valence-electron chi connectivity index (χ0n) is 15.2. The molecule has 7 nitrogen and oxygen atoms in total.